The number of rotatable bonds is 5. The normalized spacial score (nSPS) is 18.1. The van der Waals surface area contributed by atoms with E-state index < -0.39 is 0 Å². The number of halogens is 1. The monoisotopic (exact) mass is 385 g/mol. The second-order valence-corrected chi connectivity index (χ2v) is 8.45. The van der Waals surface area contributed by atoms with Gasteiger partial charge in [0.15, 0.2) is 0 Å². The third-order valence-electron chi connectivity index (χ3n) is 5.90. The highest BCUT2D eigenvalue weighted by Crippen LogP contribution is 2.28. The largest absolute Gasteiger partial charge is 0.338 e. The topological polar surface area (TPSA) is 37.3 Å². The highest BCUT2D eigenvalue weighted by Gasteiger charge is 2.28. The van der Waals surface area contributed by atoms with E-state index in [9.17, 15) is 4.79 Å². The maximum Gasteiger partial charge on any atom is 0.255 e. The van der Waals surface area contributed by atoms with Crippen LogP contribution in [0.5, 0.6) is 0 Å². The maximum atomic E-state index is 13.1. The molecule has 1 aromatic carbocycles. The smallest absolute Gasteiger partial charge is 0.255 e. The van der Waals surface area contributed by atoms with Gasteiger partial charge in [0, 0.05) is 41.2 Å². The molecule has 1 saturated heterocycles. The zero-order valence-corrected chi connectivity index (χ0v) is 16.9. The summed E-state index contributed by atoms with van der Waals surface area (Å²) in [6.45, 7) is 6.88. The van der Waals surface area contributed by atoms with Crippen molar-refractivity contribution in [3.8, 4) is 5.69 Å². The quantitative estimate of drug-likeness (QED) is 0.830. The van der Waals surface area contributed by atoms with Crippen molar-refractivity contribution in [2.75, 3.05) is 19.6 Å². The first-order valence-electron chi connectivity index (χ1n) is 10.0. The van der Waals surface area contributed by atoms with Crippen LogP contribution < -0.4 is 5.32 Å². The van der Waals surface area contributed by atoms with E-state index in [-0.39, 0.29) is 5.91 Å². The third kappa shape index (κ3) is 4.07. The number of amides is 1. The molecule has 2 heterocycles. The molecule has 144 valence electrons. The van der Waals surface area contributed by atoms with Crippen molar-refractivity contribution in [1.82, 2.24) is 14.8 Å². The van der Waals surface area contributed by atoms with Crippen molar-refractivity contribution in [2.24, 2.45) is 5.92 Å². The van der Waals surface area contributed by atoms with Crippen LogP contribution in [-0.2, 0) is 0 Å². The Morgan fingerprint density at radius 2 is 1.89 bits per heavy atom. The van der Waals surface area contributed by atoms with E-state index in [4.69, 9.17) is 11.6 Å². The Morgan fingerprint density at radius 1 is 1.15 bits per heavy atom. The third-order valence-corrected chi connectivity index (χ3v) is 6.14. The van der Waals surface area contributed by atoms with Crippen LogP contribution >= 0.6 is 11.6 Å². The minimum absolute atomic E-state index is 0.150. The standard InChI is InChI=1S/C22H28ClN3O/c1-15-12-21(16(2)26(15)20-5-3-4-18(23)13-20)22(27)25-10-8-19(9-11-25)24-14-17-6-7-17/h3-5,12-13,17,19,24H,6-11,14H2,1-2H3. The van der Waals surface area contributed by atoms with Crippen molar-refractivity contribution >= 4 is 17.5 Å². The lowest BCUT2D eigenvalue weighted by atomic mass is 10.0. The Labute approximate surface area is 166 Å². The van der Waals surface area contributed by atoms with Gasteiger partial charge in [-0.15, -0.1) is 0 Å². The van der Waals surface area contributed by atoms with Gasteiger partial charge in [0.1, 0.15) is 0 Å². The number of hydrogen-bond donors (Lipinski definition) is 1. The molecule has 1 aliphatic heterocycles. The fourth-order valence-corrected chi connectivity index (χ4v) is 4.29. The SMILES string of the molecule is Cc1cc(C(=O)N2CCC(NCC3CC3)CC2)c(C)n1-c1cccc(Cl)c1. The van der Waals surface area contributed by atoms with Gasteiger partial charge in [-0.25, -0.2) is 0 Å². The molecule has 1 aliphatic carbocycles. The minimum atomic E-state index is 0.150. The second-order valence-electron chi connectivity index (χ2n) is 8.02. The predicted molar refractivity (Wildman–Crippen MR) is 110 cm³/mol. The number of carbonyl (C=O) groups excluding carboxylic acids is 1. The van der Waals surface area contributed by atoms with E-state index in [0.717, 1.165) is 61.0 Å². The first-order chi connectivity index (χ1) is 13.0. The molecule has 1 amide bonds. The Hall–Kier alpha value is -1.78. The molecule has 2 aliphatic rings. The fraction of sp³-hybridized carbons (Fsp3) is 0.500. The lowest BCUT2D eigenvalue weighted by Crippen LogP contribution is -2.45. The van der Waals surface area contributed by atoms with Crippen LogP contribution in [-0.4, -0.2) is 41.1 Å². The summed E-state index contributed by atoms with van der Waals surface area (Å²) in [5.74, 6) is 1.05. The van der Waals surface area contributed by atoms with Crippen LogP contribution in [0.15, 0.2) is 30.3 Å². The van der Waals surface area contributed by atoms with Gasteiger partial charge in [0.25, 0.3) is 5.91 Å². The Balaban J connectivity index is 1.45. The van der Waals surface area contributed by atoms with E-state index >= 15 is 0 Å². The average Bonchev–Trinajstić information content (AvgIpc) is 3.44. The summed E-state index contributed by atoms with van der Waals surface area (Å²) >= 11 is 6.16. The van der Waals surface area contributed by atoms with Gasteiger partial charge in [-0.1, -0.05) is 17.7 Å². The van der Waals surface area contributed by atoms with Gasteiger partial charge < -0.3 is 14.8 Å². The molecule has 0 bridgehead atoms. The van der Waals surface area contributed by atoms with Crippen molar-refractivity contribution in [3.63, 3.8) is 0 Å². The fourth-order valence-electron chi connectivity index (χ4n) is 4.10. The first kappa shape index (κ1) is 18.6. The zero-order chi connectivity index (χ0) is 19.0. The van der Waals surface area contributed by atoms with Gasteiger partial charge in [-0.2, -0.15) is 0 Å². The molecule has 27 heavy (non-hydrogen) atoms. The molecule has 2 fully saturated rings. The molecule has 4 rings (SSSR count). The lowest BCUT2D eigenvalue weighted by molar-refractivity contribution is 0.0704. The number of likely N-dealkylation sites (tertiary alicyclic amines) is 1. The highest BCUT2D eigenvalue weighted by atomic mass is 35.5. The first-order valence-corrected chi connectivity index (χ1v) is 10.4. The molecular formula is C22H28ClN3O. The summed E-state index contributed by atoms with van der Waals surface area (Å²) in [5.41, 5.74) is 3.84. The number of hydrogen-bond acceptors (Lipinski definition) is 2. The lowest BCUT2D eigenvalue weighted by Gasteiger charge is -2.32. The molecular weight excluding hydrogens is 358 g/mol. The van der Waals surface area contributed by atoms with Gasteiger partial charge in [-0.05, 0) is 76.3 Å². The molecule has 0 atom stereocenters. The molecule has 0 radical (unpaired) electrons. The number of piperidine rings is 1. The number of aryl methyl sites for hydroxylation is 1. The van der Waals surface area contributed by atoms with Crippen molar-refractivity contribution in [3.05, 3.63) is 52.3 Å². The summed E-state index contributed by atoms with van der Waals surface area (Å²) in [6.07, 6.45) is 4.86. The van der Waals surface area contributed by atoms with E-state index in [1.807, 2.05) is 49.1 Å². The van der Waals surface area contributed by atoms with Gasteiger partial charge in [0.05, 0.1) is 5.56 Å². The number of nitrogens with one attached hydrogen (secondary N) is 1. The summed E-state index contributed by atoms with van der Waals surface area (Å²) in [7, 11) is 0. The summed E-state index contributed by atoms with van der Waals surface area (Å²) in [5, 5.41) is 4.38. The van der Waals surface area contributed by atoms with Crippen LogP contribution in [0.3, 0.4) is 0 Å². The number of carbonyl (C=O) groups is 1. The molecule has 4 nitrogen and oxygen atoms in total. The second kappa shape index (κ2) is 7.69. The van der Waals surface area contributed by atoms with Crippen molar-refractivity contribution in [2.45, 2.75) is 45.6 Å². The Bertz CT molecular complexity index is 832. The number of benzene rings is 1. The van der Waals surface area contributed by atoms with E-state index in [1.54, 1.807) is 0 Å². The van der Waals surface area contributed by atoms with E-state index in [1.165, 1.54) is 12.8 Å². The summed E-state index contributed by atoms with van der Waals surface area (Å²) < 4.78 is 2.11. The highest BCUT2D eigenvalue weighted by molar-refractivity contribution is 6.30. The van der Waals surface area contributed by atoms with Crippen LogP contribution in [0.25, 0.3) is 5.69 Å². The van der Waals surface area contributed by atoms with Crippen LogP contribution in [0, 0.1) is 19.8 Å². The van der Waals surface area contributed by atoms with Crippen molar-refractivity contribution < 1.29 is 4.79 Å². The van der Waals surface area contributed by atoms with E-state index in [0.29, 0.717) is 11.1 Å². The molecule has 5 heteroatoms. The molecule has 1 N–H and O–H groups in total. The summed E-state index contributed by atoms with van der Waals surface area (Å²) in [6, 6.07) is 10.3. The molecule has 0 unspecified atom stereocenters. The number of nitrogens with zero attached hydrogens (tertiary/aromatic N) is 2. The van der Waals surface area contributed by atoms with Gasteiger partial charge >= 0.3 is 0 Å². The van der Waals surface area contributed by atoms with E-state index in [2.05, 4.69) is 9.88 Å². The average molecular weight is 386 g/mol. The minimum Gasteiger partial charge on any atom is -0.338 e. The molecule has 1 saturated carbocycles. The van der Waals surface area contributed by atoms with Crippen molar-refractivity contribution in [1.29, 1.82) is 0 Å². The van der Waals surface area contributed by atoms with Crippen LogP contribution in [0.4, 0.5) is 0 Å². The molecule has 2 aromatic rings. The number of aromatic nitrogens is 1. The predicted octanol–water partition coefficient (Wildman–Crippen LogP) is 4.35. The summed E-state index contributed by atoms with van der Waals surface area (Å²) in [4.78, 5) is 15.1. The van der Waals surface area contributed by atoms with Gasteiger partial charge in [0.2, 0.25) is 0 Å². The van der Waals surface area contributed by atoms with Crippen LogP contribution in [0.2, 0.25) is 5.02 Å². The van der Waals surface area contributed by atoms with Crippen LogP contribution in [0.1, 0.15) is 47.4 Å². The zero-order valence-electron chi connectivity index (χ0n) is 16.2. The maximum absolute atomic E-state index is 13.1. The Morgan fingerprint density at radius 3 is 2.56 bits per heavy atom. The van der Waals surface area contributed by atoms with Gasteiger partial charge in [-0.3, -0.25) is 4.79 Å². The molecule has 0 spiro atoms. The molecule has 1 aromatic heterocycles. The Kier molecular flexibility index (Phi) is 5.29.